The first kappa shape index (κ1) is 13.4. The maximum Gasteiger partial charge on any atom is 0.412 e. The largest absolute Gasteiger partial charge is 0.508 e. The molecule has 0 spiro atoms. The average Bonchev–Trinajstić information content (AvgIpc) is 2.11. The van der Waals surface area contributed by atoms with Crippen molar-refractivity contribution in [2.45, 2.75) is 40.2 Å². The molecule has 4 heteroatoms. The summed E-state index contributed by atoms with van der Waals surface area (Å²) in [6, 6.07) is 3.33. The number of amides is 1. The summed E-state index contributed by atoms with van der Waals surface area (Å²) in [7, 11) is 0. The molecule has 0 bridgehead atoms. The lowest BCUT2D eigenvalue weighted by Gasteiger charge is -2.20. The molecule has 0 aliphatic heterocycles. The zero-order chi connectivity index (χ0) is 13.2. The zero-order valence-electron chi connectivity index (χ0n) is 10.9. The summed E-state index contributed by atoms with van der Waals surface area (Å²) in [5.41, 5.74) is 1.68. The predicted molar refractivity (Wildman–Crippen MR) is 67.4 cm³/mol. The highest BCUT2D eigenvalue weighted by molar-refractivity contribution is 5.86. The van der Waals surface area contributed by atoms with Crippen molar-refractivity contribution in [3.05, 3.63) is 23.3 Å². The number of carbonyl (C=O) groups is 1. The Hall–Kier alpha value is -1.71. The van der Waals surface area contributed by atoms with Crippen LogP contribution in [0.1, 0.15) is 31.9 Å². The molecule has 0 unspecified atom stereocenters. The van der Waals surface area contributed by atoms with Crippen LogP contribution < -0.4 is 5.32 Å². The molecule has 1 aromatic rings. The lowest BCUT2D eigenvalue weighted by Crippen LogP contribution is -2.27. The summed E-state index contributed by atoms with van der Waals surface area (Å²) in [6.07, 6.45) is -0.524. The molecular weight excluding hydrogens is 218 g/mol. The number of rotatable bonds is 1. The van der Waals surface area contributed by atoms with E-state index in [2.05, 4.69) is 5.32 Å². The Morgan fingerprint density at radius 2 is 1.82 bits per heavy atom. The third-order valence-electron chi connectivity index (χ3n) is 2.18. The molecular formula is C13H19NO3. The molecule has 17 heavy (non-hydrogen) atoms. The van der Waals surface area contributed by atoms with Crippen molar-refractivity contribution in [2.24, 2.45) is 0 Å². The Bertz CT molecular complexity index is 433. The first-order valence-corrected chi connectivity index (χ1v) is 5.49. The van der Waals surface area contributed by atoms with Crippen molar-refractivity contribution < 1.29 is 14.6 Å². The summed E-state index contributed by atoms with van der Waals surface area (Å²) in [6.45, 7) is 9.06. The fourth-order valence-corrected chi connectivity index (χ4v) is 1.39. The van der Waals surface area contributed by atoms with Crippen LogP contribution in [0.3, 0.4) is 0 Å². The average molecular weight is 237 g/mol. The van der Waals surface area contributed by atoms with Gasteiger partial charge >= 0.3 is 6.09 Å². The van der Waals surface area contributed by atoms with Crippen molar-refractivity contribution in [3.8, 4) is 5.75 Å². The van der Waals surface area contributed by atoms with Crippen LogP contribution in [0.5, 0.6) is 5.75 Å². The highest BCUT2D eigenvalue weighted by atomic mass is 16.6. The van der Waals surface area contributed by atoms with E-state index in [4.69, 9.17) is 4.74 Å². The molecule has 2 N–H and O–H groups in total. The molecule has 0 aliphatic carbocycles. The van der Waals surface area contributed by atoms with Crippen LogP contribution in [0.15, 0.2) is 12.1 Å². The van der Waals surface area contributed by atoms with Crippen molar-refractivity contribution in [1.29, 1.82) is 0 Å². The maximum absolute atomic E-state index is 11.6. The van der Waals surface area contributed by atoms with Gasteiger partial charge in [0.2, 0.25) is 0 Å². The van der Waals surface area contributed by atoms with E-state index in [-0.39, 0.29) is 5.75 Å². The Morgan fingerprint density at radius 1 is 1.24 bits per heavy atom. The maximum atomic E-state index is 11.6. The highest BCUT2D eigenvalue weighted by Gasteiger charge is 2.17. The van der Waals surface area contributed by atoms with E-state index >= 15 is 0 Å². The Kier molecular flexibility index (Phi) is 3.66. The van der Waals surface area contributed by atoms with E-state index in [9.17, 15) is 9.90 Å². The van der Waals surface area contributed by atoms with Gasteiger partial charge in [-0.15, -0.1) is 0 Å². The fraction of sp³-hybridized carbons (Fsp3) is 0.462. The lowest BCUT2D eigenvalue weighted by atomic mass is 10.1. The number of phenolic OH excluding ortho intramolecular Hbond substituents is 1. The second-order valence-corrected chi connectivity index (χ2v) is 5.08. The monoisotopic (exact) mass is 237 g/mol. The van der Waals surface area contributed by atoms with Gasteiger partial charge in [0.05, 0.1) is 5.69 Å². The Morgan fingerprint density at radius 3 is 2.35 bits per heavy atom. The van der Waals surface area contributed by atoms with Gasteiger partial charge in [-0.1, -0.05) is 6.07 Å². The first-order chi connectivity index (χ1) is 7.69. The van der Waals surface area contributed by atoms with Gasteiger partial charge in [0.25, 0.3) is 0 Å². The quantitative estimate of drug-likeness (QED) is 0.787. The van der Waals surface area contributed by atoms with E-state index in [0.29, 0.717) is 5.69 Å². The van der Waals surface area contributed by atoms with Crippen LogP contribution in [-0.4, -0.2) is 16.8 Å². The van der Waals surface area contributed by atoms with Gasteiger partial charge in [-0.05, 0) is 45.7 Å². The number of aromatic hydroxyl groups is 1. The number of phenols is 1. The van der Waals surface area contributed by atoms with Crippen molar-refractivity contribution in [3.63, 3.8) is 0 Å². The summed E-state index contributed by atoms with van der Waals surface area (Å²) >= 11 is 0. The SMILES string of the molecule is Cc1cc(C)c(NC(=O)OC(C)(C)C)cc1O. The molecule has 0 radical (unpaired) electrons. The summed E-state index contributed by atoms with van der Waals surface area (Å²) < 4.78 is 5.14. The van der Waals surface area contributed by atoms with Gasteiger partial charge in [-0.3, -0.25) is 5.32 Å². The van der Waals surface area contributed by atoms with Gasteiger partial charge < -0.3 is 9.84 Å². The lowest BCUT2D eigenvalue weighted by molar-refractivity contribution is 0.0636. The Balaban J connectivity index is 2.82. The standard InChI is InChI=1S/C13H19NO3/c1-8-6-9(2)11(15)7-10(8)14-12(16)17-13(3,4)5/h6-7,15H,1-5H3,(H,14,16). The van der Waals surface area contributed by atoms with Crippen LogP contribution >= 0.6 is 0 Å². The third kappa shape index (κ3) is 3.98. The summed E-state index contributed by atoms with van der Waals surface area (Å²) in [4.78, 5) is 11.6. The fourth-order valence-electron chi connectivity index (χ4n) is 1.39. The van der Waals surface area contributed by atoms with Crippen LogP contribution in [0.25, 0.3) is 0 Å². The first-order valence-electron chi connectivity index (χ1n) is 5.49. The molecule has 1 rings (SSSR count). The topological polar surface area (TPSA) is 58.6 Å². The molecule has 0 aliphatic rings. The van der Waals surface area contributed by atoms with E-state index in [1.165, 1.54) is 6.07 Å². The van der Waals surface area contributed by atoms with E-state index < -0.39 is 11.7 Å². The number of nitrogens with one attached hydrogen (secondary N) is 1. The van der Waals surface area contributed by atoms with Crippen LogP contribution in [0, 0.1) is 13.8 Å². The molecule has 0 heterocycles. The number of carbonyl (C=O) groups excluding carboxylic acids is 1. The molecule has 0 saturated carbocycles. The van der Waals surface area contributed by atoms with Gasteiger partial charge in [0.1, 0.15) is 11.4 Å². The van der Waals surface area contributed by atoms with Crippen LogP contribution in [0.2, 0.25) is 0 Å². The van der Waals surface area contributed by atoms with E-state index in [1.54, 1.807) is 27.7 Å². The molecule has 0 saturated heterocycles. The van der Waals surface area contributed by atoms with Crippen molar-refractivity contribution >= 4 is 11.8 Å². The van der Waals surface area contributed by atoms with Gasteiger partial charge in [-0.25, -0.2) is 4.79 Å². The van der Waals surface area contributed by atoms with E-state index in [0.717, 1.165) is 11.1 Å². The molecule has 1 amide bonds. The molecule has 0 aromatic heterocycles. The van der Waals surface area contributed by atoms with Crippen LogP contribution in [-0.2, 0) is 4.74 Å². The van der Waals surface area contributed by atoms with Crippen molar-refractivity contribution in [1.82, 2.24) is 0 Å². The summed E-state index contributed by atoms with van der Waals surface area (Å²) in [5.74, 6) is 0.154. The highest BCUT2D eigenvalue weighted by Crippen LogP contribution is 2.25. The normalized spacial score (nSPS) is 11.1. The zero-order valence-corrected chi connectivity index (χ0v) is 10.9. The van der Waals surface area contributed by atoms with Gasteiger partial charge in [0.15, 0.2) is 0 Å². The molecule has 4 nitrogen and oxygen atoms in total. The number of benzene rings is 1. The molecule has 1 aromatic carbocycles. The number of aryl methyl sites for hydroxylation is 2. The smallest absolute Gasteiger partial charge is 0.412 e. The van der Waals surface area contributed by atoms with E-state index in [1.807, 2.05) is 13.0 Å². The second kappa shape index (κ2) is 4.65. The molecule has 0 atom stereocenters. The predicted octanol–water partition coefficient (Wildman–Crippen LogP) is 3.36. The second-order valence-electron chi connectivity index (χ2n) is 5.08. The molecule has 0 fully saturated rings. The Labute approximate surface area is 102 Å². The number of hydrogen-bond acceptors (Lipinski definition) is 3. The summed E-state index contributed by atoms with van der Waals surface area (Å²) in [5, 5.41) is 12.2. The number of hydrogen-bond donors (Lipinski definition) is 2. The van der Waals surface area contributed by atoms with Crippen molar-refractivity contribution in [2.75, 3.05) is 5.32 Å². The third-order valence-corrected chi connectivity index (χ3v) is 2.18. The van der Waals surface area contributed by atoms with Gasteiger partial charge in [0, 0.05) is 6.07 Å². The minimum atomic E-state index is -0.537. The number of anilines is 1. The van der Waals surface area contributed by atoms with Crippen LogP contribution in [0.4, 0.5) is 10.5 Å². The minimum Gasteiger partial charge on any atom is -0.508 e. The number of ether oxygens (including phenoxy) is 1. The minimum absolute atomic E-state index is 0.154. The molecule has 94 valence electrons. The van der Waals surface area contributed by atoms with Gasteiger partial charge in [-0.2, -0.15) is 0 Å².